The molecule has 0 atom stereocenters. The summed E-state index contributed by atoms with van der Waals surface area (Å²) in [7, 11) is 1.63. The van der Waals surface area contributed by atoms with Gasteiger partial charge in [-0.05, 0) is 30.7 Å². The summed E-state index contributed by atoms with van der Waals surface area (Å²) in [5.41, 5.74) is 7.84. The number of anilines is 1. The van der Waals surface area contributed by atoms with E-state index >= 15 is 0 Å². The molecule has 2 N–H and O–H groups in total. The van der Waals surface area contributed by atoms with Crippen LogP contribution in [-0.4, -0.2) is 44.1 Å². The van der Waals surface area contributed by atoms with Gasteiger partial charge in [-0.25, -0.2) is 0 Å². The molecular weight excluding hydrogens is 256 g/mol. The van der Waals surface area contributed by atoms with E-state index in [9.17, 15) is 0 Å². The second-order valence-electron chi connectivity index (χ2n) is 5.50. The maximum atomic E-state index is 5.96. The van der Waals surface area contributed by atoms with E-state index in [2.05, 4.69) is 11.0 Å². The van der Waals surface area contributed by atoms with Crippen LogP contribution in [0.4, 0.5) is 5.69 Å². The van der Waals surface area contributed by atoms with Crippen LogP contribution < -0.4 is 10.5 Å². The molecule has 1 spiro atoms. The average molecular weight is 278 g/mol. The lowest BCUT2D eigenvalue weighted by molar-refractivity contribution is -0.190. The van der Waals surface area contributed by atoms with Gasteiger partial charge in [0, 0.05) is 13.0 Å². The maximum absolute atomic E-state index is 5.96. The van der Waals surface area contributed by atoms with Gasteiger partial charge in [0.2, 0.25) is 0 Å². The largest absolute Gasteiger partial charge is 0.495 e. The van der Waals surface area contributed by atoms with Gasteiger partial charge in [-0.15, -0.1) is 0 Å². The van der Waals surface area contributed by atoms with Gasteiger partial charge in [0.15, 0.2) is 5.79 Å². The highest BCUT2D eigenvalue weighted by molar-refractivity contribution is 5.54. The molecule has 0 aliphatic carbocycles. The molecule has 2 saturated heterocycles. The molecule has 0 bridgehead atoms. The van der Waals surface area contributed by atoms with Crippen molar-refractivity contribution in [2.75, 3.05) is 39.1 Å². The molecule has 3 rings (SSSR count). The normalized spacial score (nSPS) is 22.2. The molecule has 5 heteroatoms. The second kappa shape index (κ2) is 5.60. The van der Waals surface area contributed by atoms with Crippen molar-refractivity contribution < 1.29 is 14.2 Å². The van der Waals surface area contributed by atoms with E-state index in [1.165, 1.54) is 5.56 Å². The first kappa shape index (κ1) is 13.7. The summed E-state index contributed by atoms with van der Waals surface area (Å²) >= 11 is 0. The third-order valence-electron chi connectivity index (χ3n) is 4.01. The van der Waals surface area contributed by atoms with Gasteiger partial charge < -0.3 is 19.9 Å². The Morgan fingerprint density at radius 1 is 1.35 bits per heavy atom. The Hall–Kier alpha value is -1.30. The number of rotatable bonds is 3. The van der Waals surface area contributed by atoms with Gasteiger partial charge in [0.25, 0.3) is 0 Å². The fourth-order valence-electron chi connectivity index (χ4n) is 3.08. The van der Waals surface area contributed by atoms with E-state index in [0.717, 1.165) is 38.2 Å². The number of likely N-dealkylation sites (tertiary alicyclic amines) is 1. The summed E-state index contributed by atoms with van der Waals surface area (Å²) in [6.07, 6.45) is 2.10. The molecule has 110 valence electrons. The minimum atomic E-state index is -0.365. The monoisotopic (exact) mass is 278 g/mol. The minimum absolute atomic E-state index is 0.365. The fourth-order valence-corrected chi connectivity index (χ4v) is 3.08. The first-order chi connectivity index (χ1) is 9.71. The molecule has 5 nitrogen and oxygen atoms in total. The van der Waals surface area contributed by atoms with E-state index in [4.69, 9.17) is 19.9 Å². The molecule has 20 heavy (non-hydrogen) atoms. The van der Waals surface area contributed by atoms with Gasteiger partial charge in [0.05, 0.1) is 32.6 Å². The first-order valence-electron chi connectivity index (χ1n) is 7.13. The SMILES string of the molecule is COc1ccc(CN2CCCC3(C2)OCCO3)cc1N. The minimum Gasteiger partial charge on any atom is -0.495 e. The van der Waals surface area contributed by atoms with Crippen LogP contribution in [0.25, 0.3) is 0 Å². The van der Waals surface area contributed by atoms with Crippen molar-refractivity contribution in [3.05, 3.63) is 23.8 Å². The van der Waals surface area contributed by atoms with Gasteiger partial charge in [-0.3, -0.25) is 4.90 Å². The fraction of sp³-hybridized carbons (Fsp3) is 0.600. The van der Waals surface area contributed by atoms with Crippen LogP contribution in [0, 0.1) is 0 Å². The lowest BCUT2D eigenvalue weighted by atomic mass is 10.0. The van der Waals surface area contributed by atoms with Crippen LogP contribution >= 0.6 is 0 Å². The van der Waals surface area contributed by atoms with Crippen molar-refractivity contribution in [1.29, 1.82) is 0 Å². The average Bonchev–Trinajstić information content (AvgIpc) is 2.87. The van der Waals surface area contributed by atoms with Crippen molar-refractivity contribution in [1.82, 2.24) is 4.90 Å². The molecule has 2 heterocycles. The number of nitrogens with zero attached hydrogens (tertiary/aromatic N) is 1. The Morgan fingerprint density at radius 2 is 2.15 bits per heavy atom. The topological polar surface area (TPSA) is 57.0 Å². The van der Waals surface area contributed by atoms with Gasteiger partial charge >= 0.3 is 0 Å². The highest BCUT2D eigenvalue weighted by atomic mass is 16.7. The number of benzene rings is 1. The summed E-state index contributed by atoms with van der Waals surface area (Å²) in [5.74, 6) is 0.363. The number of hydrogen-bond donors (Lipinski definition) is 1. The molecular formula is C15H22N2O3. The van der Waals surface area contributed by atoms with Crippen LogP contribution in [0.5, 0.6) is 5.75 Å². The van der Waals surface area contributed by atoms with Gasteiger partial charge in [0.1, 0.15) is 5.75 Å². The van der Waals surface area contributed by atoms with Crippen molar-refractivity contribution in [2.24, 2.45) is 0 Å². The van der Waals surface area contributed by atoms with Crippen molar-refractivity contribution >= 4 is 5.69 Å². The quantitative estimate of drug-likeness (QED) is 0.851. The number of nitrogens with two attached hydrogens (primary N) is 1. The molecule has 2 fully saturated rings. The molecule has 0 amide bonds. The third kappa shape index (κ3) is 2.75. The van der Waals surface area contributed by atoms with E-state index in [1.54, 1.807) is 7.11 Å². The highest BCUT2D eigenvalue weighted by Crippen LogP contribution is 2.31. The maximum Gasteiger partial charge on any atom is 0.181 e. The van der Waals surface area contributed by atoms with Gasteiger partial charge in [-0.1, -0.05) is 6.07 Å². The van der Waals surface area contributed by atoms with Crippen LogP contribution in [0.15, 0.2) is 18.2 Å². The van der Waals surface area contributed by atoms with E-state index in [0.29, 0.717) is 18.9 Å². The predicted octanol–water partition coefficient (Wildman–Crippen LogP) is 1.62. The Kier molecular flexibility index (Phi) is 3.83. The summed E-state index contributed by atoms with van der Waals surface area (Å²) in [4.78, 5) is 2.37. The van der Waals surface area contributed by atoms with E-state index < -0.39 is 0 Å². The smallest absolute Gasteiger partial charge is 0.181 e. The molecule has 2 aliphatic rings. The number of hydrogen-bond acceptors (Lipinski definition) is 5. The summed E-state index contributed by atoms with van der Waals surface area (Å²) in [6.45, 7) is 4.19. The highest BCUT2D eigenvalue weighted by Gasteiger charge is 2.40. The Morgan fingerprint density at radius 3 is 2.85 bits per heavy atom. The first-order valence-corrected chi connectivity index (χ1v) is 7.13. The van der Waals surface area contributed by atoms with Crippen LogP contribution in [0.1, 0.15) is 18.4 Å². The lowest BCUT2D eigenvalue weighted by Gasteiger charge is -2.38. The molecule has 2 aliphatic heterocycles. The van der Waals surface area contributed by atoms with Crippen molar-refractivity contribution in [3.63, 3.8) is 0 Å². The molecule has 0 aromatic heterocycles. The Bertz CT molecular complexity index is 472. The molecule has 1 aromatic carbocycles. The summed E-state index contributed by atoms with van der Waals surface area (Å²) in [6, 6.07) is 5.97. The number of methoxy groups -OCH3 is 1. The number of ether oxygens (including phenoxy) is 3. The van der Waals surface area contributed by atoms with Crippen LogP contribution in [0.3, 0.4) is 0 Å². The standard InChI is InChI=1S/C15H22N2O3/c1-18-14-4-3-12(9-13(14)16)10-17-6-2-5-15(11-17)19-7-8-20-15/h3-4,9H,2,5-8,10-11,16H2,1H3. The number of piperidine rings is 1. The predicted molar refractivity (Wildman–Crippen MR) is 76.6 cm³/mol. The summed E-state index contributed by atoms with van der Waals surface area (Å²) in [5, 5.41) is 0. The number of nitrogen functional groups attached to an aromatic ring is 1. The molecule has 0 unspecified atom stereocenters. The lowest BCUT2D eigenvalue weighted by Crippen LogP contribution is -2.48. The Labute approximate surface area is 119 Å². The van der Waals surface area contributed by atoms with Gasteiger partial charge in [-0.2, -0.15) is 0 Å². The summed E-state index contributed by atoms with van der Waals surface area (Å²) < 4.78 is 16.8. The van der Waals surface area contributed by atoms with E-state index in [1.807, 2.05) is 12.1 Å². The Balaban J connectivity index is 1.66. The van der Waals surface area contributed by atoms with Crippen molar-refractivity contribution in [2.45, 2.75) is 25.2 Å². The van der Waals surface area contributed by atoms with Crippen LogP contribution in [-0.2, 0) is 16.0 Å². The van der Waals surface area contributed by atoms with Crippen molar-refractivity contribution in [3.8, 4) is 5.75 Å². The zero-order valence-corrected chi connectivity index (χ0v) is 11.9. The second-order valence-corrected chi connectivity index (χ2v) is 5.50. The zero-order valence-electron chi connectivity index (χ0n) is 11.9. The van der Waals surface area contributed by atoms with Crippen LogP contribution in [0.2, 0.25) is 0 Å². The zero-order chi connectivity index (χ0) is 14.0. The molecule has 1 aromatic rings. The molecule has 0 saturated carbocycles. The molecule has 0 radical (unpaired) electrons. The van der Waals surface area contributed by atoms with E-state index in [-0.39, 0.29) is 5.79 Å². The third-order valence-corrected chi connectivity index (χ3v) is 4.01.